The van der Waals surface area contributed by atoms with Gasteiger partial charge in [0, 0.05) is 62.0 Å². The highest BCUT2D eigenvalue weighted by Crippen LogP contribution is 2.57. The van der Waals surface area contributed by atoms with E-state index >= 15 is 0 Å². The predicted octanol–water partition coefficient (Wildman–Crippen LogP) is 4.44. The highest BCUT2D eigenvalue weighted by atomic mass is 16.6. The van der Waals surface area contributed by atoms with Crippen LogP contribution in [0, 0.1) is 34.8 Å². The third kappa shape index (κ3) is 5.55. The summed E-state index contributed by atoms with van der Waals surface area (Å²) in [5, 5.41) is 36.2. The fourth-order valence-electron chi connectivity index (χ4n) is 7.25. The summed E-state index contributed by atoms with van der Waals surface area (Å²) in [5.41, 5.74) is 0.907. The van der Waals surface area contributed by atoms with Gasteiger partial charge in [-0.1, -0.05) is 29.8 Å². The largest absolute Gasteiger partial charge is 0.481 e. The fourth-order valence-corrected chi connectivity index (χ4v) is 7.25. The number of piperidine rings is 1. The van der Waals surface area contributed by atoms with E-state index in [1.165, 1.54) is 35.0 Å². The molecule has 0 aliphatic carbocycles. The van der Waals surface area contributed by atoms with Crippen LogP contribution in [0.3, 0.4) is 0 Å². The number of aryl methyl sites for hydroxylation is 2. The number of nitrogens with zero attached hydrogens (tertiary/aromatic N) is 3. The van der Waals surface area contributed by atoms with Crippen LogP contribution in [0.25, 0.3) is 0 Å². The van der Waals surface area contributed by atoms with E-state index in [4.69, 9.17) is 0 Å². The van der Waals surface area contributed by atoms with Crippen molar-refractivity contribution in [1.82, 2.24) is 10.2 Å². The van der Waals surface area contributed by atoms with Crippen molar-refractivity contribution in [3.05, 3.63) is 69.3 Å². The third-order valence-corrected chi connectivity index (χ3v) is 9.69. The molecule has 0 bridgehead atoms. The van der Waals surface area contributed by atoms with Crippen molar-refractivity contribution in [1.29, 1.82) is 0 Å². The van der Waals surface area contributed by atoms with Gasteiger partial charge in [0.2, 0.25) is 0 Å². The Morgan fingerprint density at radius 1 is 1.02 bits per heavy atom. The summed E-state index contributed by atoms with van der Waals surface area (Å²) < 4.78 is 0. The molecule has 0 spiro atoms. The molecule has 0 aromatic heterocycles. The minimum atomic E-state index is -1.52. The summed E-state index contributed by atoms with van der Waals surface area (Å²) in [5.74, 6) is -3.21. The summed E-state index contributed by atoms with van der Waals surface area (Å²) in [4.78, 5) is 41.9. The van der Waals surface area contributed by atoms with Crippen LogP contribution in [0.1, 0.15) is 56.2 Å². The maximum absolute atomic E-state index is 13.3. The minimum absolute atomic E-state index is 0.185. The van der Waals surface area contributed by atoms with E-state index in [9.17, 15) is 29.9 Å². The molecule has 0 amide bonds. The van der Waals surface area contributed by atoms with Gasteiger partial charge in [-0.15, -0.1) is 0 Å². The Labute approximate surface area is 241 Å². The fraction of sp³-hybridized carbons (Fsp3) is 0.548. The van der Waals surface area contributed by atoms with E-state index in [0.29, 0.717) is 18.5 Å². The Balaban J connectivity index is 1.58. The Kier molecular flexibility index (Phi) is 8.75. The molecule has 0 saturated carbocycles. The zero-order valence-electron chi connectivity index (χ0n) is 24.6. The number of piperazine rings is 1. The molecule has 2 aromatic carbocycles. The van der Waals surface area contributed by atoms with Crippen molar-refractivity contribution in [2.45, 2.75) is 65.5 Å². The molecule has 5 atom stereocenters. The van der Waals surface area contributed by atoms with Crippen LogP contribution < -0.4 is 10.2 Å². The van der Waals surface area contributed by atoms with E-state index in [1.807, 2.05) is 0 Å². The van der Waals surface area contributed by atoms with Crippen LogP contribution in [0.2, 0.25) is 0 Å². The highest BCUT2D eigenvalue weighted by Gasteiger charge is 2.64. The van der Waals surface area contributed by atoms with Gasteiger partial charge in [0.15, 0.2) is 0 Å². The van der Waals surface area contributed by atoms with Gasteiger partial charge in [0.1, 0.15) is 0 Å². The molecule has 41 heavy (non-hydrogen) atoms. The van der Waals surface area contributed by atoms with Crippen molar-refractivity contribution in [3.8, 4) is 0 Å². The first-order chi connectivity index (χ1) is 19.3. The first-order valence-electron chi connectivity index (χ1n) is 14.3. The van der Waals surface area contributed by atoms with Crippen LogP contribution >= 0.6 is 0 Å². The second kappa shape index (κ2) is 11.8. The van der Waals surface area contributed by atoms with Crippen LogP contribution in [-0.2, 0) is 9.59 Å². The molecule has 2 aliphatic heterocycles. The van der Waals surface area contributed by atoms with E-state index in [1.54, 1.807) is 26.8 Å². The van der Waals surface area contributed by atoms with E-state index in [2.05, 4.69) is 47.2 Å². The lowest BCUT2D eigenvalue weighted by Gasteiger charge is -2.56. The number of carboxylic acids is 2. The normalized spacial score (nSPS) is 28.8. The predicted molar refractivity (Wildman–Crippen MR) is 158 cm³/mol. The molecule has 10 heteroatoms. The van der Waals surface area contributed by atoms with Crippen LogP contribution in [0.15, 0.2) is 42.5 Å². The van der Waals surface area contributed by atoms with Crippen molar-refractivity contribution in [2.75, 3.05) is 37.6 Å². The van der Waals surface area contributed by atoms with Gasteiger partial charge in [-0.3, -0.25) is 24.6 Å². The Hall–Kier alpha value is -3.50. The van der Waals surface area contributed by atoms with E-state index in [0.717, 1.165) is 26.2 Å². The summed E-state index contributed by atoms with van der Waals surface area (Å²) in [7, 11) is 0. The SMILES string of the molecule is Cc1ccc(N2CCN(CCCC3(C(=O)O)C(C)NC(C)C(C)(C(=O)O)C3c3cccc([N+](=O)[O-])c3)CC2)c(C)c1. The number of benzene rings is 2. The first-order valence-corrected chi connectivity index (χ1v) is 14.3. The van der Waals surface area contributed by atoms with Gasteiger partial charge >= 0.3 is 11.9 Å². The molecule has 5 unspecified atom stereocenters. The Morgan fingerprint density at radius 3 is 2.29 bits per heavy atom. The van der Waals surface area contributed by atoms with Crippen molar-refractivity contribution < 1.29 is 24.7 Å². The van der Waals surface area contributed by atoms with Gasteiger partial charge in [-0.25, -0.2) is 0 Å². The van der Waals surface area contributed by atoms with Gasteiger partial charge < -0.3 is 20.4 Å². The van der Waals surface area contributed by atoms with Crippen molar-refractivity contribution >= 4 is 23.3 Å². The maximum atomic E-state index is 13.3. The van der Waals surface area contributed by atoms with Crippen LogP contribution in [-0.4, -0.2) is 76.8 Å². The molecule has 2 heterocycles. The standard InChI is InChI=1S/C31H42N4O6/c1-20-10-11-26(21(2)18-20)34-16-14-33(15-17-34)13-7-12-31(29(38)39)23(4)32-22(3)30(5,28(36)37)27(31)24-8-6-9-25(19-24)35(40)41/h6,8-11,18-19,22-23,27,32H,7,12-17H2,1-5H3,(H,36,37)(H,38,39). The molecule has 10 nitrogen and oxygen atoms in total. The van der Waals surface area contributed by atoms with Crippen molar-refractivity contribution in [2.24, 2.45) is 10.8 Å². The Morgan fingerprint density at radius 2 is 1.71 bits per heavy atom. The molecular weight excluding hydrogens is 524 g/mol. The highest BCUT2D eigenvalue weighted by molar-refractivity contribution is 5.84. The zero-order valence-corrected chi connectivity index (χ0v) is 24.6. The monoisotopic (exact) mass is 566 g/mol. The van der Waals surface area contributed by atoms with Crippen LogP contribution in [0.4, 0.5) is 11.4 Å². The number of carboxylic acid groups (broad SMARTS) is 2. The average molecular weight is 567 g/mol. The number of hydrogen-bond donors (Lipinski definition) is 3. The summed E-state index contributed by atoms with van der Waals surface area (Å²) in [6, 6.07) is 11.2. The molecular formula is C31H42N4O6. The van der Waals surface area contributed by atoms with Gasteiger partial charge in [0.25, 0.3) is 5.69 Å². The number of hydrogen-bond acceptors (Lipinski definition) is 7. The molecule has 0 radical (unpaired) electrons. The maximum Gasteiger partial charge on any atom is 0.311 e. The topological polar surface area (TPSA) is 136 Å². The second-order valence-electron chi connectivity index (χ2n) is 12.1. The quantitative estimate of drug-likeness (QED) is 0.297. The molecule has 3 N–H and O–H groups in total. The van der Waals surface area contributed by atoms with Crippen LogP contribution in [0.5, 0.6) is 0 Å². The number of rotatable bonds is 9. The molecule has 2 aliphatic rings. The zero-order chi connectivity index (χ0) is 30.1. The number of non-ortho nitro benzene ring substituents is 1. The van der Waals surface area contributed by atoms with E-state index in [-0.39, 0.29) is 12.1 Å². The molecule has 4 rings (SSSR count). The van der Waals surface area contributed by atoms with Gasteiger partial charge in [-0.2, -0.15) is 0 Å². The molecule has 2 aromatic rings. The molecule has 2 saturated heterocycles. The lowest BCUT2D eigenvalue weighted by Crippen LogP contribution is -2.68. The lowest BCUT2D eigenvalue weighted by atomic mass is 9.51. The smallest absolute Gasteiger partial charge is 0.311 e. The summed E-state index contributed by atoms with van der Waals surface area (Å²) in [6.45, 7) is 13.4. The number of anilines is 1. The molecule has 2 fully saturated rings. The third-order valence-electron chi connectivity index (χ3n) is 9.69. The van der Waals surface area contributed by atoms with E-state index < -0.39 is 45.7 Å². The van der Waals surface area contributed by atoms with Gasteiger partial charge in [0.05, 0.1) is 15.8 Å². The second-order valence-corrected chi connectivity index (χ2v) is 12.1. The number of carbonyl (C=O) groups is 2. The number of nitrogens with one attached hydrogen (secondary N) is 1. The Bertz CT molecular complexity index is 1310. The lowest BCUT2D eigenvalue weighted by molar-refractivity contribution is -0.385. The summed E-state index contributed by atoms with van der Waals surface area (Å²) >= 11 is 0. The first kappa shape index (κ1) is 30.5. The summed E-state index contributed by atoms with van der Waals surface area (Å²) in [6.07, 6.45) is 0.786. The average Bonchev–Trinajstić information content (AvgIpc) is 2.91. The minimum Gasteiger partial charge on any atom is -0.481 e. The number of nitro groups is 1. The molecule has 222 valence electrons. The number of aliphatic carboxylic acids is 2. The van der Waals surface area contributed by atoms with Gasteiger partial charge in [-0.05, 0) is 71.2 Å². The number of nitro benzene ring substituents is 1. The van der Waals surface area contributed by atoms with Crippen molar-refractivity contribution in [3.63, 3.8) is 0 Å².